The van der Waals surface area contributed by atoms with Gasteiger partial charge in [0.25, 0.3) is 0 Å². The lowest BCUT2D eigenvalue weighted by Crippen LogP contribution is -2.19. The number of para-hydroxylation sites is 1. The van der Waals surface area contributed by atoms with Crippen molar-refractivity contribution in [2.24, 2.45) is 10.8 Å². The molecule has 2 aromatic heterocycles. The lowest BCUT2D eigenvalue weighted by atomic mass is 9.87. The van der Waals surface area contributed by atoms with E-state index in [1.165, 1.54) is 54.9 Å². The normalized spacial score (nSPS) is 18.6. The molecule has 2 heterocycles. The Kier molecular flexibility index (Phi) is 5.15. The van der Waals surface area contributed by atoms with Gasteiger partial charge >= 0.3 is 0 Å². The number of nitrogens with zero attached hydrogens (tertiary/aromatic N) is 1. The fraction of sp³-hybridized carbons (Fsp3) is 0.262. The summed E-state index contributed by atoms with van der Waals surface area (Å²) in [6, 6.07) is 28.1. The predicted octanol–water partition coefficient (Wildman–Crippen LogP) is 10.2. The van der Waals surface area contributed by atoms with Gasteiger partial charge in [-0.2, -0.15) is 0 Å². The minimum absolute atomic E-state index is 0.235. The Balaban J connectivity index is 1.58. The summed E-state index contributed by atoms with van der Waals surface area (Å²) in [5, 5.41) is 16.8. The van der Waals surface area contributed by atoms with Crippen LogP contribution in [0.25, 0.3) is 60.3 Å². The summed E-state index contributed by atoms with van der Waals surface area (Å²) in [7, 11) is 0. The van der Waals surface area contributed by atoms with Gasteiger partial charge in [-0.15, -0.1) is 0 Å². The molecule has 5 aromatic carbocycles. The van der Waals surface area contributed by atoms with Gasteiger partial charge in [-0.3, -0.25) is 4.79 Å². The largest absolute Gasteiger partial charge is 0.388 e. The highest BCUT2D eigenvalue weighted by molar-refractivity contribution is 6.30. The molecule has 2 aliphatic carbocycles. The van der Waals surface area contributed by atoms with Crippen LogP contribution < -0.4 is 0 Å². The highest BCUT2D eigenvalue weighted by atomic mass is 16.3. The van der Waals surface area contributed by atoms with E-state index >= 15 is 0 Å². The number of aliphatic hydroxyl groups is 1. The van der Waals surface area contributed by atoms with Gasteiger partial charge in [-0.05, 0) is 82.2 Å². The van der Waals surface area contributed by atoms with Crippen molar-refractivity contribution in [2.75, 3.05) is 0 Å². The summed E-state index contributed by atoms with van der Waals surface area (Å²) >= 11 is 0. The van der Waals surface area contributed by atoms with E-state index in [1.807, 2.05) is 0 Å². The third kappa shape index (κ3) is 3.22. The molecule has 0 spiro atoms. The lowest BCUT2D eigenvalue weighted by Gasteiger charge is -2.23. The summed E-state index contributed by atoms with van der Waals surface area (Å²) in [6.07, 6.45) is 0.993. The molecule has 7 aromatic rings. The first-order valence-electron chi connectivity index (χ1n) is 16.2. The predicted molar refractivity (Wildman–Crippen MR) is 186 cm³/mol. The third-order valence-corrected chi connectivity index (χ3v) is 11.2. The maximum Gasteiger partial charge on any atom is 0.169 e. The van der Waals surface area contributed by atoms with E-state index in [1.54, 1.807) is 0 Å². The zero-order chi connectivity index (χ0) is 31.2. The molecule has 0 aliphatic heterocycles. The molecule has 0 fully saturated rings. The maximum absolute atomic E-state index is 14.2. The first kappa shape index (κ1) is 26.9. The van der Waals surface area contributed by atoms with Crippen molar-refractivity contribution in [1.29, 1.82) is 0 Å². The Labute approximate surface area is 263 Å². The number of hydrogen-bond donors (Lipinski definition) is 1. The monoisotopic (exact) mass is 587 g/mol. The van der Waals surface area contributed by atoms with E-state index in [4.69, 9.17) is 0 Å². The molecule has 1 N–H and O–H groups in total. The van der Waals surface area contributed by atoms with Gasteiger partial charge in [0.1, 0.15) is 0 Å². The summed E-state index contributed by atoms with van der Waals surface area (Å²) in [5.74, 6) is 0.235. The molecule has 0 amide bonds. The average molecular weight is 588 g/mol. The summed E-state index contributed by atoms with van der Waals surface area (Å²) in [6.45, 7) is 12.9. The Hall–Kier alpha value is -4.47. The van der Waals surface area contributed by atoms with Crippen molar-refractivity contribution < 1.29 is 9.90 Å². The minimum Gasteiger partial charge on any atom is -0.388 e. The maximum atomic E-state index is 14.2. The van der Waals surface area contributed by atoms with Crippen LogP contribution in [-0.2, 0) is 12.8 Å². The van der Waals surface area contributed by atoms with Crippen LogP contribution in [0.15, 0.2) is 78.9 Å². The fourth-order valence-corrected chi connectivity index (χ4v) is 9.17. The standard InChI is InChI=1S/C42H37NO2/c1-22-30-28(20-41(3,4)39(30)44)32(24-14-9-7-10-15-24)34-26-18-13-19-27-35-33(25-16-11-8-12-17-25)29-21-42(5,6)40(45)31(29)23(2)37(35)43(36(22)34)38(26)27/h7-19,39,44H,20-21H2,1-6H3. The molecule has 45 heavy (non-hydrogen) atoms. The number of aromatic nitrogens is 1. The van der Waals surface area contributed by atoms with Gasteiger partial charge in [0.05, 0.1) is 22.7 Å². The molecule has 0 bridgehead atoms. The Morgan fingerprint density at radius 1 is 0.644 bits per heavy atom. The second kappa shape index (κ2) is 8.62. The van der Waals surface area contributed by atoms with Crippen LogP contribution in [0, 0.1) is 24.7 Å². The first-order chi connectivity index (χ1) is 21.5. The van der Waals surface area contributed by atoms with Crippen LogP contribution in [-0.4, -0.2) is 15.3 Å². The number of aryl methyl sites for hydroxylation is 2. The van der Waals surface area contributed by atoms with E-state index in [-0.39, 0.29) is 11.2 Å². The Bertz CT molecular complexity index is 2410. The number of carbonyl (C=O) groups is 1. The third-order valence-electron chi connectivity index (χ3n) is 11.2. The molecule has 0 saturated heterocycles. The van der Waals surface area contributed by atoms with Crippen LogP contribution in [0.4, 0.5) is 0 Å². The molecule has 2 aliphatic rings. The Morgan fingerprint density at radius 2 is 1.18 bits per heavy atom. The van der Waals surface area contributed by atoms with Crippen LogP contribution in [0.1, 0.15) is 72.0 Å². The minimum atomic E-state index is -0.561. The highest BCUT2D eigenvalue weighted by Gasteiger charge is 2.44. The van der Waals surface area contributed by atoms with Crippen molar-refractivity contribution in [1.82, 2.24) is 4.40 Å². The molecular weight excluding hydrogens is 550 g/mol. The van der Waals surface area contributed by atoms with Crippen molar-refractivity contribution in [3.63, 3.8) is 0 Å². The number of Topliss-reactive ketones (excluding diaryl/α,β-unsaturated/α-hetero) is 1. The van der Waals surface area contributed by atoms with Crippen LogP contribution in [0.3, 0.4) is 0 Å². The van der Waals surface area contributed by atoms with Crippen molar-refractivity contribution in [3.05, 3.63) is 112 Å². The molecule has 0 radical (unpaired) electrons. The smallest absolute Gasteiger partial charge is 0.169 e. The number of carbonyl (C=O) groups excluding carboxylic acids is 1. The summed E-state index contributed by atoms with van der Waals surface area (Å²) < 4.78 is 2.47. The van der Waals surface area contributed by atoms with Crippen LogP contribution >= 0.6 is 0 Å². The number of rotatable bonds is 2. The number of fused-ring (bicyclic) bond motifs is 8. The van der Waals surface area contributed by atoms with Gasteiger partial charge in [0, 0.05) is 32.5 Å². The van der Waals surface area contributed by atoms with Crippen molar-refractivity contribution >= 4 is 43.9 Å². The van der Waals surface area contributed by atoms with E-state index in [9.17, 15) is 9.90 Å². The highest BCUT2D eigenvalue weighted by Crippen LogP contribution is 2.56. The van der Waals surface area contributed by atoms with Gasteiger partial charge in [0.15, 0.2) is 5.78 Å². The average Bonchev–Trinajstić information content (AvgIpc) is 3.69. The molecule has 3 heteroatoms. The zero-order valence-electron chi connectivity index (χ0n) is 26.8. The van der Waals surface area contributed by atoms with Crippen LogP contribution in [0.2, 0.25) is 0 Å². The summed E-state index contributed by atoms with van der Waals surface area (Å²) in [5.41, 5.74) is 14.1. The molecule has 3 nitrogen and oxygen atoms in total. The van der Waals surface area contributed by atoms with E-state index < -0.39 is 11.5 Å². The van der Waals surface area contributed by atoms with E-state index in [2.05, 4.69) is 125 Å². The number of ketones is 1. The second-order valence-corrected chi connectivity index (χ2v) is 14.9. The second-order valence-electron chi connectivity index (χ2n) is 14.9. The van der Waals surface area contributed by atoms with Gasteiger partial charge in [-0.25, -0.2) is 0 Å². The molecule has 1 unspecified atom stereocenters. The molecule has 0 saturated carbocycles. The van der Waals surface area contributed by atoms with Crippen molar-refractivity contribution in [3.8, 4) is 22.3 Å². The van der Waals surface area contributed by atoms with Gasteiger partial charge < -0.3 is 9.51 Å². The van der Waals surface area contributed by atoms with E-state index in [0.29, 0.717) is 0 Å². The lowest BCUT2D eigenvalue weighted by molar-refractivity contribution is 0.0662. The topological polar surface area (TPSA) is 41.7 Å². The first-order valence-corrected chi connectivity index (χ1v) is 16.2. The summed E-state index contributed by atoms with van der Waals surface area (Å²) in [4.78, 5) is 14.2. The quantitative estimate of drug-likeness (QED) is 0.219. The fourth-order valence-electron chi connectivity index (χ4n) is 9.17. The Morgan fingerprint density at radius 3 is 1.76 bits per heavy atom. The number of benzene rings is 5. The number of aliphatic hydroxyl groups excluding tert-OH is 1. The van der Waals surface area contributed by atoms with E-state index in [0.717, 1.165) is 51.7 Å². The van der Waals surface area contributed by atoms with Crippen molar-refractivity contribution in [2.45, 2.75) is 60.5 Å². The van der Waals surface area contributed by atoms with Gasteiger partial charge in [0.2, 0.25) is 0 Å². The number of hydrogen-bond acceptors (Lipinski definition) is 2. The zero-order valence-corrected chi connectivity index (χ0v) is 26.8. The molecule has 222 valence electrons. The molecular formula is C42H37NO2. The van der Waals surface area contributed by atoms with Gasteiger partial charge in [-0.1, -0.05) is 107 Å². The SMILES string of the molecule is Cc1c2c(c(-c3ccccc3)c3c4cccc5c6c(-c7ccccc7)c7c(c(C)c6n(c13)c45)C(O)C(C)(C)C7)CC(C)(C)C2=O. The molecule has 9 rings (SSSR count). The van der Waals surface area contributed by atoms with Crippen LogP contribution in [0.5, 0.6) is 0 Å². The molecule has 1 atom stereocenters.